The molecule has 0 aliphatic heterocycles. The van der Waals surface area contributed by atoms with Crippen LogP contribution < -0.4 is 0 Å². The zero-order valence-corrected chi connectivity index (χ0v) is 13.4. The molecular formula is C16H22O4S. The zero-order chi connectivity index (χ0) is 15.5. The third kappa shape index (κ3) is 3.84. The number of esters is 1. The van der Waals surface area contributed by atoms with E-state index in [1.807, 2.05) is 6.92 Å². The van der Waals surface area contributed by atoms with Crippen LogP contribution in [0.5, 0.6) is 0 Å². The molecule has 0 saturated heterocycles. The standard InChI is InChI=1S/C16H22O4S/c1-12-8-9-13(10-15(12)16(17)20-2)11-21(18,19)14-6-4-3-5-7-14/h8-10,14H,3-7,11H2,1-2H3. The second kappa shape index (κ2) is 6.60. The second-order valence-electron chi connectivity index (χ2n) is 5.71. The predicted molar refractivity (Wildman–Crippen MR) is 82.0 cm³/mol. The molecule has 21 heavy (non-hydrogen) atoms. The molecule has 0 bridgehead atoms. The lowest BCUT2D eigenvalue weighted by atomic mass is 10.0. The Hall–Kier alpha value is -1.36. The van der Waals surface area contributed by atoms with Gasteiger partial charge in [0.15, 0.2) is 9.84 Å². The number of hydrogen-bond donors (Lipinski definition) is 0. The van der Waals surface area contributed by atoms with E-state index in [0.717, 1.165) is 37.7 Å². The van der Waals surface area contributed by atoms with Gasteiger partial charge in [-0.25, -0.2) is 13.2 Å². The normalized spacial score (nSPS) is 16.7. The molecule has 4 nitrogen and oxygen atoms in total. The Kier molecular flexibility index (Phi) is 5.04. The highest BCUT2D eigenvalue weighted by Gasteiger charge is 2.27. The molecule has 0 amide bonds. The number of aryl methyl sites for hydroxylation is 1. The summed E-state index contributed by atoms with van der Waals surface area (Å²) < 4.78 is 29.7. The molecule has 0 aromatic heterocycles. The van der Waals surface area contributed by atoms with Crippen LogP contribution in [0.2, 0.25) is 0 Å². The van der Waals surface area contributed by atoms with Crippen molar-refractivity contribution in [2.45, 2.75) is 50.0 Å². The van der Waals surface area contributed by atoms with Crippen LogP contribution in [0.25, 0.3) is 0 Å². The topological polar surface area (TPSA) is 60.4 Å². The molecule has 1 aromatic carbocycles. The van der Waals surface area contributed by atoms with Crippen LogP contribution in [0, 0.1) is 6.92 Å². The Bertz CT molecular complexity index is 613. The summed E-state index contributed by atoms with van der Waals surface area (Å²) >= 11 is 0. The number of carbonyl (C=O) groups is 1. The van der Waals surface area contributed by atoms with Gasteiger partial charge in [0, 0.05) is 0 Å². The first-order valence-electron chi connectivity index (χ1n) is 7.33. The van der Waals surface area contributed by atoms with Crippen molar-refractivity contribution in [2.75, 3.05) is 7.11 Å². The molecule has 0 unspecified atom stereocenters. The van der Waals surface area contributed by atoms with Gasteiger partial charge >= 0.3 is 5.97 Å². The van der Waals surface area contributed by atoms with Crippen LogP contribution in [0.3, 0.4) is 0 Å². The molecule has 0 heterocycles. The average Bonchev–Trinajstić information content (AvgIpc) is 2.49. The van der Waals surface area contributed by atoms with Gasteiger partial charge in [-0.2, -0.15) is 0 Å². The molecule has 1 aliphatic carbocycles. The lowest BCUT2D eigenvalue weighted by Crippen LogP contribution is -2.25. The summed E-state index contributed by atoms with van der Waals surface area (Å²) in [6.07, 6.45) is 4.63. The quantitative estimate of drug-likeness (QED) is 0.802. The minimum Gasteiger partial charge on any atom is -0.465 e. The number of rotatable bonds is 4. The average molecular weight is 310 g/mol. The highest BCUT2D eigenvalue weighted by Crippen LogP contribution is 2.26. The third-order valence-electron chi connectivity index (χ3n) is 4.14. The smallest absolute Gasteiger partial charge is 0.338 e. The van der Waals surface area contributed by atoms with E-state index in [1.165, 1.54) is 7.11 Å². The fraction of sp³-hybridized carbons (Fsp3) is 0.562. The molecule has 1 aliphatic rings. The van der Waals surface area contributed by atoms with Crippen LogP contribution in [0.15, 0.2) is 18.2 Å². The molecule has 1 fully saturated rings. The highest BCUT2D eigenvalue weighted by atomic mass is 32.2. The third-order valence-corrected chi connectivity index (χ3v) is 6.36. The summed E-state index contributed by atoms with van der Waals surface area (Å²) in [6.45, 7) is 1.81. The van der Waals surface area contributed by atoms with Crippen LogP contribution in [-0.2, 0) is 20.3 Å². The van der Waals surface area contributed by atoms with E-state index in [0.29, 0.717) is 11.1 Å². The molecule has 2 rings (SSSR count). The lowest BCUT2D eigenvalue weighted by Gasteiger charge is -2.21. The minimum atomic E-state index is -3.15. The van der Waals surface area contributed by atoms with Crippen molar-refractivity contribution < 1.29 is 17.9 Å². The van der Waals surface area contributed by atoms with Crippen molar-refractivity contribution in [3.05, 3.63) is 34.9 Å². The summed E-state index contributed by atoms with van der Waals surface area (Å²) in [4.78, 5) is 11.7. The molecule has 0 spiro atoms. The number of carbonyl (C=O) groups excluding carboxylic acids is 1. The molecule has 0 N–H and O–H groups in total. The van der Waals surface area contributed by atoms with E-state index >= 15 is 0 Å². The number of methoxy groups -OCH3 is 1. The Morgan fingerprint density at radius 3 is 2.52 bits per heavy atom. The second-order valence-corrected chi connectivity index (χ2v) is 7.99. The van der Waals surface area contributed by atoms with E-state index < -0.39 is 15.8 Å². The first-order chi connectivity index (χ1) is 9.94. The van der Waals surface area contributed by atoms with Gasteiger partial charge in [-0.05, 0) is 37.0 Å². The first-order valence-corrected chi connectivity index (χ1v) is 9.05. The maximum atomic E-state index is 12.5. The van der Waals surface area contributed by atoms with Crippen molar-refractivity contribution in [1.82, 2.24) is 0 Å². The molecule has 0 atom stereocenters. The van der Waals surface area contributed by atoms with Crippen molar-refractivity contribution >= 4 is 15.8 Å². The van der Waals surface area contributed by atoms with Gasteiger partial charge in [0.1, 0.15) is 0 Å². The van der Waals surface area contributed by atoms with Crippen molar-refractivity contribution in [2.24, 2.45) is 0 Å². The lowest BCUT2D eigenvalue weighted by molar-refractivity contribution is 0.0600. The number of ether oxygens (including phenoxy) is 1. The van der Waals surface area contributed by atoms with Gasteiger partial charge in [0.2, 0.25) is 0 Å². The van der Waals surface area contributed by atoms with Gasteiger partial charge in [0.25, 0.3) is 0 Å². The molecule has 5 heteroatoms. The summed E-state index contributed by atoms with van der Waals surface area (Å²) in [5.74, 6) is -0.425. The molecular weight excluding hydrogens is 288 g/mol. The maximum Gasteiger partial charge on any atom is 0.338 e. The minimum absolute atomic E-state index is 0.00193. The van der Waals surface area contributed by atoms with Gasteiger partial charge in [0.05, 0.1) is 23.7 Å². The fourth-order valence-corrected chi connectivity index (χ4v) is 4.79. The molecule has 0 radical (unpaired) electrons. The van der Waals surface area contributed by atoms with Crippen LogP contribution in [-0.4, -0.2) is 26.7 Å². The van der Waals surface area contributed by atoms with Crippen LogP contribution >= 0.6 is 0 Å². The van der Waals surface area contributed by atoms with E-state index in [1.54, 1.807) is 18.2 Å². The van der Waals surface area contributed by atoms with E-state index in [4.69, 9.17) is 4.74 Å². The SMILES string of the molecule is COC(=O)c1cc(CS(=O)(=O)C2CCCCC2)ccc1C. The van der Waals surface area contributed by atoms with Gasteiger partial charge in [-0.3, -0.25) is 0 Å². The Balaban J connectivity index is 2.21. The van der Waals surface area contributed by atoms with Crippen molar-refractivity contribution in [3.63, 3.8) is 0 Å². The number of benzene rings is 1. The maximum absolute atomic E-state index is 12.5. The van der Waals surface area contributed by atoms with Crippen molar-refractivity contribution in [3.8, 4) is 0 Å². The summed E-state index contributed by atoms with van der Waals surface area (Å²) in [6, 6.07) is 5.20. The first kappa shape index (κ1) is 16.0. The van der Waals surface area contributed by atoms with Crippen LogP contribution in [0.1, 0.15) is 53.6 Å². The Morgan fingerprint density at radius 2 is 1.90 bits per heavy atom. The highest BCUT2D eigenvalue weighted by molar-refractivity contribution is 7.91. The molecule has 1 aromatic rings. The van der Waals surface area contributed by atoms with Crippen molar-refractivity contribution in [1.29, 1.82) is 0 Å². The van der Waals surface area contributed by atoms with Gasteiger partial charge in [-0.1, -0.05) is 31.4 Å². The largest absolute Gasteiger partial charge is 0.465 e. The van der Waals surface area contributed by atoms with E-state index in [2.05, 4.69) is 0 Å². The van der Waals surface area contributed by atoms with E-state index in [-0.39, 0.29) is 11.0 Å². The summed E-state index contributed by atoms with van der Waals surface area (Å²) in [5.41, 5.74) is 1.89. The molecule has 1 saturated carbocycles. The molecule has 116 valence electrons. The monoisotopic (exact) mass is 310 g/mol. The van der Waals surface area contributed by atoms with Gasteiger partial charge in [-0.15, -0.1) is 0 Å². The summed E-state index contributed by atoms with van der Waals surface area (Å²) in [5, 5.41) is -0.228. The Morgan fingerprint density at radius 1 is 1.24 bits per heavy atom. The number of sulfone groups is 1. The van der Waals surface area contributed by atoms with Gasteiger partial charge < -0.3 is 4.74 Å². The number of hydrogen-bond acceptors (Lipinski definition) is 4. The Labute approximate surface area is 126 Å². The zero-order valence-electron chi connectivity index (χ0n) is 12.6. The van der Waals surface area contributed by atoms with Crippen LogP contribution in [0.4, 0.5) is 0 Å². The summed E-state index contributed by atoms with van der Waals surface area (Å²) in [7, 11) is -1.82. The van der Waals surface area contributed by atoms with E-state index in [9.17, 15) is 13.2 Å². The fourth-order valence-electron chi connectivity index (χ4n) is 2.86. The predicted octanol–water partition coefficient (Wildman–Crippen LogP) is 3.03.